The van der Waals surface area contributed by atoms with Crippen molar-refractivity contribution in [2.75, 3.05) is 11.5 Å². The molecular weight excluding hydrogens is 350 g/mol. The summed E-state index contributed by atoms with van der Waals surface area (Å²) in [6.07, 6.45) is 1.35. The molecule has 1 aromatic carbocycles. The predicted octanol–water partition coefficient (Wildman–Crippen LogP) is 2.75. The zero-order valence-corrected chi connectivity index (χ0v) is 16.2. The molecule has 0 radical (unpaired) electrons. The van der Waals surface area contributed by atoms with Crippen LogP contribution in [0.4, 0.5) is 0 Å². The normalized spacial score (nSPS) is 20.0. The average Bonchev–Trinajstić information content (AvgIpc) is 3.18. The zero-order valence-electron chi connectivity index (χ0n) is 15.4. The maximum atomic E-state index is 12.5. The van der Waals surface area contributed by atoms with Gasteiger partial charge in [-0.1, -0.05) is 36.8 Å². The lowest BCUT2D eigenvalue weighted by atomic mass is 10.1. The van der Waals surface area contributed by atoms with E-state index in [9.17, 15) is 13.2 Å². The maximum absolute atomic E-state index is 12.5. The number of nitrogens with one attached hydrogen (secondary N) is 1. The standard InChI is InChI=1S/C19H25N3O3S/c1-4-14(3)20-19(23)17-11-18(15-7-5-13(2)6-8-15)22(21-17)16-9-10-26(24,25)12-16/h5-8,11,14,16H,4,9-10,12H2,1-3H3,(H,20,23)/t14-,16+/m0/s1. The van der Waals surface area contributed by atoms with Crippen molar-refractivity contribution in [3.8, 4) is 11.3 Å². The first-order valence-corrected chi connectivity index (χ1v) is 10.8. The molecule has 0 bridgehead atoms. The van der Waals surface area contributed by atoms with Crippen LogP contribution in [0, 0.1) is 6.92 Å². The van der Waals surface area contributed by atoms with Crippen LogP contribution in [0.25, 0.3) is 11.3 Å². The second-order valence-corrected chi connectivity index (χ2v) is 9.29. The van der Waals surface area contributed by atoms with Gasteiger partial charge in [-0.05, 0) is 38.3 Å². The Morgan fingerprint density at radius 2 is 2.04 bits per heavy atom. The molecular formula is C19H25N3O3S. The highest BCUT2D eigenvalue weighted by Gasteiger charge is 2.32. The highest BCUT2D eigenvalue weighted by molar-refractivity contribution is 7.91. The highest BCUT2D eigenvalue weighted by atomic mass is 32.2. The third kappa shape index (κ3) is 3.98. The van der Waals surface area contributed by atoms with Gasteiger partial charge in [0.1, 0.15) is 0 Å². The minimum absolute atomic E-state index is 0.0577. The molecule has 2 atom stereocenters. The Bertz CT molecular complexity index is 901. The molecule has 1 aliphatic rings. The SMILES string of the molecule is CC[C@H](C)NC(=O)c1cc(-c2ccc(C)cc2)n([C@@H]2CCS(=O)(=O)C2)n1. The van der Waals surface area contributed by atoms with Gasteiger partial charge in [-0.25, -0.2) is 8.42 Å². The van der Waals surface area contributed by atoms with Gasteiger partial charge in [0.15, 0.2) is 15.5 Å². The van der Waals surface area contributed by atoms with Gasteiger partial charge in [0.05, 0.1) is 23.2 Å². The summed E-state index contributed by atoms with van der Waals surface area (Å²) in [7, 11) is -3.04. The van der Waals surface area contributed by atoms with Crippen LogP contribution in [0.5, 0.6) is 0 Å². The van der Waals surface area contributed by atoms with Gasteiger partial charge in [0.25, 0.3) is 5.91 Å². The first kappa shape index (κ1) is 18.6. The number of carbonyl (C=O) groups excluding carboxylic acids is 1. The van der Waals surface area contributed by atoms with Crippen molar-refractivity contribution in [2.24, 2.45) is 0 Å². The molecule has 1 fully saturated rings. The van der Waals surface area contributed by atoms with E-state index in [0.29, 0.717) is 12.1 Å². The minimum Gasteiger partial charge on any atom is -0.348 e. The molecule has 2 heterocycles. The molecule has 1 amide bonds. The highest BCUT2D eigenvalue weighted by Crippen LogP contribution is 2.30. The lowest BCUT2D eigenvalue weighted by molar-refractivity contribution is 0.0933. The van der Waals surface area contributed by atoms with E-state index >= 15 is 0 Å². The molecule has 6 nitrogen and oxygen atoms in total. The van der Waals surface area contributed by atoms with Gasteiger partial charge < -0.3 is 5.32 Å². The predicted molar refractivity (Wildman–Crippen MR) is 102 cm³/mol. The topological polar surface area (TPSA) is 81.1 Å². The molecule has 1 aliphatic heterocycles. The number of aryl methyl sites for hydroxylation is 1. The van der Waals surface area contributed by atoms with Crippen LogP contribution in [0.15, 0.2) is 30.3 Å². The van der Waals surface area contributed by atoms with Crippen molar-refractivity contribution in [2.45, 2.75) is 45.7 Å². The number of hydrogen-bond acceptors (Lipinski definition) is 4. The Morgan fingerprint density at radius 3 is 2.62 bits per heavy atom. The third-order valence-corrected chi connectivity index (χ3v) is 6.61. The van der Waals surface area contributed by atoms with E-state index < -0.39 is 9.84 Å². The van der Waals surface area contributed by atoms with E-state index in [-0.39, 0.29) is 29.5 Å². The molecule has 1 saturated heterocycles. The van der Waals surface area contributed by atoms with Gasteiger partial charge in [0, 0.05) is 6.04 Å². The van der Waals surface area contributed by atoms with Gasteiger partial charge in [-0.3, -0.25) is 9.48 Å². The Balaban J connectivity index is 2.00. The van der Waals surface area contributed by atoms with Crippen molar-refractivity contribution >= 4 is 15.7 Å². The molecule has 26 heavy (non-hydrogen) atoms. The fourth-order valence-corrected chi connectivity index (χ4v) is 4.78. The molecule has 0 unspecified atom stereocenters. The number of aromatic nitrogens is 2. The molecule has 1 aromatic heterocycles. The molecule has 0 saturated carbocycles. The van der Waals surface area contributed by atoms with Crippen molar-refractivity contribution in [3.63, 3.8) is 0 Å². The van der Waals surface area contributed by atoms with Crippen LogP contribution < -0.4 is 5.32 Å². The molecule has 3 rings (SSSR count). The first-order chi connectivity index (χ1) is 12.3. The first-order valence-electron chi connectivity index (χ1n) is 8.97. The molecule has 140 valence electrons. The van der Waals surface area contributed by atoms with E-state index in [1.54, 1.807) is 10.7 Å². The minimum atomic E-state index is -3.04. The quantitative estimate of drug-likeness (QED) is 0.871. The second kappa shape index (κ2) is 7.23. The van der Waals surface area contributed by atoms with Gasteiger partial charge in [-0.15, -0.1) is 0 Å². The molecule has 2 aromatic rings. The van der Waals surface area contributed by atoms with E-state index in [0.717, 1.165) is 23.2 Å². The number of nitrogens with zero attached hydrogens (tertiary/aromatic N) is 2. The summed E-state index contributed by atoms with van der Waals surface area (Å²) in [6.45, 7) is 5.96. The number of rotatable bonds is 5. The summed E-state index contributed by atoms with van der Waals surface area (Å²) < 4.78 is 25.5. The number of hydrogen-bond donors (Lipinski definition) is 1. The molecule has 0 spiro atoms. The van der Waals surface area contributed by atoms with E-state index in [2.05, 4.69) is 10.4 Å². The molecule has 7 heteroatoms. The smallest absolute Gasteiger partial charge is 0.272 e. The third-order valence-electron chi connectivity index (χ3n) is 4.86. The van der Waals surface area contributed by atoms with Crippen LogP contribution in [-0.4, -0.2) is 41.7 Å². The maximum Gasteiger partial charge on any atom is 0.272 e. The molecule has 1 N–H and O–H groups in total. The Morgan fingerprint density at radius 1 is 1.35 bits per heavy atom. The summed E-state index contributed by atoms with van der Waals surface area (Å²) >= 11 is 0. The van der Waals surface area contributed by atoms with Crippen LogP contribution >= 0.6 is 0 Å². The Hall–Kier alpha value is -2.15. The van der Waals surface area contributed by atoms with Crippen molar-refractivity contribution in [3.05, 3.63) is 41.6 Å². The Kier molecular flexibility index (Phi) is 5.18. The molecule has 0 aliphatic carbocycles. The lowest BCUT2D eigenvalue weighted by Crippen LogP contribution is -2.32. The van der Waals surface area contributed by atoms with Gasteiger partial charge >= 0.3 is 0 Å². The summed E-state index contributed by atoms with van der Waals surface area (Å²) in [6, 6.07) is 9.52. The van der Waals surface area contributed by atoms with Crippen LogP contribution in [0.2, 0.25) is 0 Å². The fraction of sp³-hybridized carbons (Fsp3) is 0.474. The van der Waals surface area contributed by atoms with Crippen LogP contribution in [0.1, 0.15) is 48.8 Å². The van der Waals surface area contributed by atoms with E-state index in [1.807, 2.05) is 45.0 Å². The van der Waals surface area contributed by atoms with Crippen molar-refractivity contribution in [1.82, 2.24) is 15.1 Å². The summed E-state index contributed by atoms with van der Waals surface area (Å²) in [5.74, 6) is 0.00601. The number of sulfone groups is 1. The number of carbonyl (C=O) groups is 1. The number of amides is 1. The lowest BCUT2D eigenvalue weighted by Gasteiger charge is -2.13. The fourth-order valence-electron chi connectivity index (χ4n) is 3.09. The second-order valence-electron chi connectivity index (χ2n) is 7.07. The summed E-state index contributed by atoms with van der Waals surface area (Å²) in [4.78, 5) is 12.5. The van der Waals surface area contributed by atoms with Crippen LogP contribution in [-0.2, 0) is 9.84 Å². The largest absolute Gasteiger partial charge is 0.348 e. The average molecular weight is 375 g/mol. The van der Waals surface area contributed by atoms with E-state index in [4.69, 9.17) is 0 Å². The van der Waals surface area contributed by atoms with Gasteiger partial charge in [-0.2, -0.15) is 5.10 Å². The van der Waals surface area contributed by atoms with Gasteiger partial charge in [0.2, 0.25) is 0 Å². The van der Waals surface area contributed by atoms with Crippen LogP contribution in [0.3, 0.4) is 0 Å². The van der Waals surface area contributed by atoms with Crippen molar-refractivity contribution < 1.29 is 13.2 Å². The monoisotopic (exact) mass is 375 g/mol. The Labute approximate surface area is 154 Å². The summed E-state index contributed by atoms with van der Waals surface area (Å²) in [5, 5.41) is 7.40. The summed E-state index contributed by atoms with van der Waals surface area (Å²) in [5.41, 5.74) is 3.17. The van der Waals surface area contributed by atoms with E-state index in [1.165, 1.54) is 0 Å². The zero-order chi connectivity index (χ0) is 18.9. The number of benzene rings is 1. The van der Waals surface area contributed by atoms with Crippen molar-refractivity contribution in [1.29, 1.82) is 0 Å².